The summed E-state index contributed by atoms with van der Waals surface area (Å²) in [6, 6.07) is 13.1. The summed E-state index contributed by atoms with van der Waals surface area (Å²) in [4.78, 5) is 16.6. The smallest absolute Gasteiger partial charge is 0.323 e. The summed E-state index contributed by atoms with van der Waals surface area (Å²) in [5, 5.41) is 10.3. The van der Waals surface area contributed by atoms with E-state index in [1.54, 1.807) is 12.1 Å². The predicted molar refractivity (Wildman–Crippen MR) is 74.2 cm³/mol. The number of nitrogens with one attached hydrogen (secondary N) is 2. The molecule has 0 spiro atoms. The Morgan fingerprint density at radius 1 is 0.947 bits per heavy atom. The highest BCUT2D eigenvalue weighted by Crippen LogP contribution is 2.24. The second-order valence-corrected chi connectivity index (χ2v) is 4.70. The molecule has 1 atom stereocenters. The maximum Gasteiger partial charge on any atom is 0.323 e. The Labute approximate surface area is 109 Å². The molecule has 0 aliphatic carbocycles. The van der Waals surface area contributed by atoms with Crippen molar-refractivity contribution in [2.45, 2.75) is 13.0 Å². The zero-order chi connectivity index (χ0) is 13.4. The number of benzene rings is 2. The topological polar surface area (TPSA) is 68.9 Å². The largest absolute Gasteiger partial charge is 0.384 e. The zero-order valence-electron chi connectivity index (χ0n) is 10.5. The Morgan fingerprint density at radius 3 is 2.32 bits per heavy atom. The molecule has 4 heteroatoms. The molecular formula is C15H14N2O2. The number of fused-ring (bicyclic) bond motifs is 1. The molecule has 0 saturated heterocycles. The highest BCUT2D eigenvalue weighted by molar-refractivity contribution is 5.75. The van der Waals surface area contributed by atoms with Crippen LogP contribution in [0.1, 0.15) is 22.8 Å². The van der Waals surface area contributed by atoms with Gasteiger partial charge in [-0.15, -0.1) is 0 Å². The van der Waals surface area contributed by atoms with E-state index in [1.165, 1.54) is 0 Å². The van der Waals surface area contributed by atoms with Crippen LogP contribution in [0.4, 0.5) is 0 Å². The first-order chi connectivity index (χ1) is 9.13. The van der Waals surface area contributed by atoms with Gasteiger partial charge in [0.15, 0.2) is 0 Å². The third kappa shape index (κ3) is 2.18. The number of aromatic amines is 2. The van der Waals surface area contributed by atoms with Gasteiger partial charge in [0.05, 0.1) is 11.0 Å². The summed E-state index contributed by atoms with van der Waals surface area (Å²) in [7, 11) is 0. The molecule has 0 amide bonds. The van der Waals surface area contributed by atoms with Crippen LogP contribution in [-0.4, -0.2) is 15.1 Å². The number of aliphatic hydroxyl groups is 1. The summed E-state index contributed by atoms with van der Waals surface area (Å²) < 4.78 is 0. The Hall–Kier alpha value is -2.33. The lowest BCUT2D eigenvalue weighted by atomic mass is 10.0. The molecule has 0 aliphatic rings. The van der Waals surface area contributed by atoms with E-state index in [9.17, 15) is 9.90 Å². The van der Waals surface area contributed by atoms with Gasteiger partial charge in [0, 0.05) is 0 Å². The summed E-state index contributed by atoms with van der Waals surface area (Å²) >= 11 is 0. The van der Waals surface area contributed by atoms with E-state index in [4.69, 9.17) is 0 Å². The van der Waals surface area contributed by atoms with Crippen molar-refractivity contribution >= 4 is 11.0 Å². The van der Waals surface area contributed by atoms with E-state index < -0.39 is 6.10 Å². The Kier molecular flexibility index (Phi) is 2.72. The van der Waals surface area contributed by atoms with Crippen LogP contribution >= 0.6 is 0 Å². The fourth-order valence-corrected chi connectivity index (χ4v) is 2.16. The molecule has 19 heavy (non-hydrogen) atoms. The number of hydrogen-bond donors (Lipinski definition) is 3. The van der Waals surface area contributed by atoms with E-state index in [2.05, 4.69) is 9.97 Å². The fraction of sp³-hybridized carbons (Fsp3) is 0.133. The minimum atomic E-state index is -0.691. The van der Waals surface area contributed by atoms with Crippen LogP contribution < -0.4 is 5.69 Å². The van der Waals surface area contributed by atoms with Crippen molar-refractivity contribution in [1.29, 1.82) is 0 Å². The van der Waals surface area contributed by atoms with Crippen LogP contribution in [0, 0.1) is 6.92 Å². The van der Waals surface area contributed by atoms with E-state index in [1.807, 2.05) is 37.3 Å². The van der Waals surface area contributed by atoms with Gasteiger partial charge in [-0.1, -0.05) is 35.9 Å². The highest BCUT2D eigenvalue weighted by atomic mass is 16.3. The van der Waals surface area contributed by atoms with Crippen molar-refractivity contribution in [3.63, 3.8) is 0 Å². The van der Waals surface area contributed by atoms with Crippen LogP contribution in [0.25, 0.3) is 11.0 Å². The van der Waals surface area contributed by atoms with Crippen molar-refractivity contribution in [2.75, 3.05) is 0 Å². The van der Waals surface area contributed by atoms with Crippen LogP contribution in [-0.2, 0) is 0 Å². The average Bonchev–Trinajstić information content (AvgIpc) is 2.77. The van der Waals surface area contributed by atoms with Gasteiger partial charge in [0.2, 0.25) is 0 Å². The van der Waals surface area contributed by atoms with E-state index in [0.717, 1.165) is 22.2 Å². The van der Waals surface area contributed by atoms with E-state index >= 15 is 0 Å². The lowest BCUT2D eigenvalue weighted by Gasteiger charge is -2.11. The molecule has 0 aliphatic heterocycles. The Bertz CT molecular complexity index is 769. The number of aryl methyl sites for hydroxylation is 1. The van der Waals surface area contributed by atoms with E-state index in [-0.39, 0.29) is 5.69 Å². The van der Waals surface area contributed by atoms with Gasteiger partial charge in [0.25, 0.3) is 0 Å². The number of rotatable bonds is 2. The highest BCUT2D eigenvalue weighted by Gasteiger charge is 2.11. The molecule has 3 rings (SSSR count). The third-order valence-corrected chi connectivity index (χ3v) is 3.25. The van der Waals surface area contributed by atoms with Crippen molar-refractivity contribution in [3.8, 4) is 0 Å². The Balaban J connectivity index is 2.03. The first kappa shape index (κ1) is 11.7. The first-order valence-corrected chi connectivity index (χ1v) is 6.10. The molecule has 0 saturated carbocycles. The van der Waals surface area contributed by atoms with Crippen molar-refractivity contribution < 1.29 is 5.11 Å². The molecule has 3 aromatic rings. The maximum atomic E-state index is 11.2. The van der Waals surface area contributed by atoms with Crippen molar-refractivity contribution in [1.82, 2.24) is 9.97 Å². The quantitative estimate of drug-likeness (QED) is 0.656. The number of aromatic nitrogens is 2. The molecule has 96 valence electrons. The van der Waals surface area contributed by atoms with Gasteiger partial charge in [0.1, 0.15) is 6.10 Å². The van der Waals surface area contributed by atoms with Gasteiger partial charge in [-0.05, 0) is 30.2 Å². The molecular weight excluding hydrogens is 240 g/mol. The molecule has 1 aromatic heterocycles. The molecule has 4 nitrogen and oxygen atoms in total. The lowest BCUT2D eigenvalue weighted by Crippen LogP contribution is -2.00. The van der Waals surface area contributed by atoms with Gasteiger partial charge >= 0.3 is 5.69 Å². The summed E-state index contributed by atoms with van der Waals surface area (Å²) in [5.74, 6) is 0. The molecule has 0 fully saturated rings. The standard InChI is InChI=1S/C15H14N2O2/c1-9-2-4-10(5-3-9)14(18)11-6-7-12-13(8-11)17-15(19)16-12/h2-8,14,18H,1H3,(H2,16,17,19). The minimum Gasteiger partial charge on any atom is -0.384 e. The number of imidazole rings is 1. The lowest BCUT2D eigenvalue weighted by molar-refractivity contribution is 0.220. The number of hydrogen-bond acceptors (Lipinski definition) is 2. The molecule has 1 heterocycles. The third-order valence-electron chi connectivity index (χ3n) is 3.25. The fourth-order valence-electron chi connectivity index (χ4n) is 2.16. The average molecular weight is 254 g/mol. The molecule has 2 aromatic carbocycles. The van der Waals surface area contributed by atoms with Gasteiger partial charge in [-0.3, -0.25) is 0 Å². The SMILES string of the molecule is Cc1ccc(C(O)c2ccc3[nH]c(=O)[nH]c3c2)cc1. The van der Waals surface area contributed by atoms with Gasteiger partial charge < -0.3 is 15.1 Å². The van der Waals surface area contributed by atoms with Gasteiger partial charge in [-0.25, -0.2) is 4.79 Å². The second-order valence-electron chi connectivity index (χ2n) is 4.70. The second kappa shape index (κ2) is 4.40. The predicted octanol–water partition coefficient (Wildman–Crippen LogP) is 2.25. The van der Waals surface area contributed by atoms with Crippen LogP contribution in [0.3, 0.4) is 0 Å². The zero-order valence-corrected chi connectivity index (χ0v) is 10.5. The Morgan fingerprint density at radius 2 is 1.58 bits per heavy atom. The van der Waals surface area contributed by atoms with E-state index in [0.29, 0.717) is 5.52 Å². The van der Waals surface area contributed by atoms with Crippen molar-refractivity contribution in [3.05, 3.63) is 69.6 Å². The molecule has 0 radical (unpaired) electrons. The van der Waals surface area contributed by atoms with Gasteiger partial charge in [-0.2, -0.15) is 0 Å². The minimum absolute atomic E-state index is 0.239. The molecule has 0 bridgehead atoms. The number of aliphatic hydroxyl groups excluding tert-OH is 1. The maximum absolute atomic E-state index is 11.2. The summed E-state index contributed by atoms with van der Waals surface area (Å²) in [6.45, 7) is 2.01. The summed E-state index contributed by atoms with van der Waals surface area (Å²) in [6.07, 6.45) is -0.691. The van der Waals surface area contributed by atoms with Crippen LogP contribution in [0.2, 0.25) is 0 Å². The van der Waals surface area contributed by atoms with Crippen LogP contribution in [0.5, 0.6) is 0 Å². The van der Waals surface area contributed by atoms with Crippen molar-refractivity contribution in [2.24, 2.45) is 0 Å². The molecule has 1 unspecified atom stereocenters. The van der Waals surface area contributed by atoms with Crippen LogP contribution in [0.15, 0.2) is 47.3 Å². The first-order valence-electron chi connectivity index (χ1n) is 6.10. The normalized spacial score (nSPS) is 12.7. The summed E-state index contributed by atoms with van der Waals surface area (Å²) in [5.41, 5.74) is 3.95. The molecule has 3 N–H and O–H groups in total. The number of H-pyrrole nitrogens is 2. The monoisotopic (exact) mass is 254 g/mol.